The van der Waals surface area contributed by atoms with E-state index in [1.54, 1.807) is 12.1 Å². The monoisotopic (exact) mass is 726 g/mol. The van der Waals surface area contributed by atoms with Crippen LogP contribution in [0.4, 0.5) is 13.2 Å². The minimum absolute atomic E-state index is 0.0176. The number of hydrogen-bond donors (Lipinski definition) is 0. The molecule has 0 saturated carbocycles. The van der Waals surface area contributed by atoms with E-state index in [4.69, 9.17) is 23.7 Å². The van der Waals surface area contributed by atoms with Gasteiger partial charge in [-0.05, 0) is 78.9 Å². The standard InChI is InChI=1S/C42H53F3O7/c1-3-5-7-9-10-11-12-14-29-48-35-23-19-32(20-24-35)31-15-17-33(18-16-31)40(46)50-36-25-21-34(22-26-36)41(47)51-37-27-28-38(49-30-13-8-6-4-2)52-39(37)42(43,44)45/h15-26,37-39H,3-14,27-30H2,1-2H3/t37-,38+,39-/m0/s1. The van der Waals surface area contributed by atoms with Gasteiger partial charge < -0.3 is 23.7 Å². The van der Waals surface area contributed by atoms with E-state index >= 15 is 0 Å². The Morgan fingerprint density at radius 2 is 1.13 bits per heavy atom. The second kappa shape index (κ2) is 21.6. The number of esters is 2. The van der Waals surface area contributed by atoms with Crippen LogP contribution in [0, 0.1) is 0 Å². The van der Waals surface area contributed by atoms with Crippen LogP contribution in [0.2, 0.25) is 0 Å². The number of halogens is 3. The first kappa shape index (κ1) is 40.9. The van der Waals surface area contributed by atoms with E-state index < -0.39 is 36.6 Å². The van der Waals surface area contributed by atoms with Crippen molar-refractivity contribution in [2.45, 2.75) is 128 Å². The highest BCUT2D eigenvalue weighted by Gasteiger charge is 2.51. The lowest BCUT2D eigenvalue weighted by Gasteiger charge is -2.36. The van der Waals surface area contributed by atoms with E-state index in [1.165, 1.54) is 69.2 Å². The number of carbonyl (C=O) groups excluding carboxylic acids is 2. The largest absolute Gasteiger partial charge is 0.494 e. The zero-order chi connectivity index (χ0) is 37.2. The molecule has 4 rings (SSSR count). The van der Waals surface area contributed by atoms with Gasteiger partial charge in [0.15, 0.2) is 12.4 Å². The molecule has 3 aromatic carbocycles. The average Bonchev–Trinajstić information content (AvgIpc) is 3.14. The third-order valence-electron chi connectivity index (χ3n) is 9.08. The molecule has 1 saturated heterocycles. The van der Waals surface area contributed by atoms with Crippen molar-refractivity contribution in [1.82, 2.24) is 0 Å². The van der Waals surface area contributed by atoms with E-state index in [-0.39, 0.29) is 24.2 Å². The zero-order valence-electron chi connectivity index (χ0n) is 30.5. The van der Waals surface area contributed by atoms with Gasteiger partial charge in [-0.1, -0.05) is 102 Å². The molecule has 0 spiro atoms. The van der Waals surface area contributed by atoms with Crippen LogP contribution in [0.1, 0.15) is 124 Å². The van der Waals surface area contributed by atoms with Crippen molar-refractivity contribution >= 4 is 11.9 Å². The summed E-state index contributed by atoms with van der Waals surface area (Å²) in [5.41, 5.74) is 2.25. The molecular weight excluding hydrogens is 673 g/mol. The maximum Gasteiger partial charge on any atom is 0.418 e. The van der Waals surface area contributed by atoms with Gasteiger partial charge in [0.1, 0.15) is 17.6 Å². The summed E-state index contributed by atoms with van der Waals surface area (Å²) in [7, 11) is 0. The quantitative estimate of drug-likeness (QED) is 0.0614. The Morgan fingerprint density at radius 3 is 1.75 bits per heavy atom. The number of hydrogen-bond acceptors (Lipinski definition) is 7. The molecule has 3 atom stereocenters. The van der Waals surface area contributed by atoms with Gasteiger partial charge in [0, 0.05) is 13.0 Å². The van der Waals surface area contributed by atoms with Gasteiger partial charge in [-0.15, -0.1) is 0 Å². The first-order chi connectivity index (χ1) is 25.2. The third-order valence-corrected chi connectivity index (χ3v) is 9.08. The smallest absolute Gasteiger partial charge is 0.418 e. The molecule has 0 bridgehead atoms. The molecule has 0 N–H and O–H groups in total. The summed E-state index contributed by atoms with van der Waals surface area (Å²) in [4.78, 5) is 25.6. The Labute approximate surface area is 306 Å². The SMILES string of the molecule is CCCCCCCCCCOc1ccc(-c2ccc(C(=O)Oc3ccc(C(=O)O[C@H]4CC[C@H](OCCCCCC)O[C@@H]4C(F)(F)F)cc3)cc2)cc1. The van der Waals surface area contributed by atoms with Crippen LogP contribution >= 0.6 is 0 Å². The summed E-state index contributed by atoms with van der Waals surface area (Å²) in [6.45, 7) is 5.31. The summed E-state index contributed by atoms with van der Waals surface area (Å²) in [6.07, 6.45) is 4.35. The second-order valence-corrected chi connectivity index (χ2v) is 13.3. The second-order valence-electron chi connectivity index (χ2n) is 13.3. The van der Waals surface area contributed by atoms with Crippen LogP contribution in [0.5, 0.6) is 11.5 Å². The molecule has 0 aliphatic carbocycles. The van der Waals surface area contributed by atoms with E-state index in [1.807, 2.05) is 36.4 Å². The first-order valence-electron chi connectivity index (χ1n) is 18.9. The Balaban J connectivity index is 1.21. The molecule has 0 unspecified atom stereocenters. The maximum absolute atomic E-state index is 13.8. The first-order valence-corrected chi connectivity index (χ1v) is 18.9. The molecule has 1 aliphatic heterocycles. The molecule has 1 aliphatic rings. The fourth-order valence-electron chi connectivity index (χ4n) is 6.04. The lowest BCUT2D eigenvalue weighted by Crippen LogP contribution is -2.50. The number of rotatable bonds is 21. The number of alkyl halides is 3. The normalized spacial score (nSPS) is 17.4. The third kappa shape index (κ3) is 13.6. The fraction of sp³-hybridized carbons (Fsp3) is 0.524. The fourth-order valence-corrected chi connectivity index (χ4v) is 6.04. The molecular formula is C42H53F3O7. The van der Waals surface area contributed by atoms with Gasteiger partial charge in [0.25, 0.3) is 0 Å². The van der Waals surface area contributed by atoms with Crippen molar-refractivity contribution in [2.75, 3.05) is 13.2 Å². The molecule has 0 amide bonds. The lowest BCUT2D eigenvalue weighted by atomic mass is 10.0. The Bertz CT molecular complexity index is 1470. The van der Waals surface area contributed by atoms with Gasteiger partial charge in [-0.3, -0.25) is 0 Å². The number of carbonyl (C=O) groups is 2. The highest BCUT2D eigenvalue weighted by molar-refractivity contribution is 5.92. The molecule has 52 heavy (non-hydrogen) atoms. The molecule has 1 fully saturated rings. The van der Waals surface area contributed by atoms with E-state index in [0.717, 1.165) is 49.0 Å². The highest BCUT2D eigenvalue weighted by atomic mass is 19.4. The molecule has 10 heteroatoms. The zero-order valence-corrected chi connectivity index (χ0v) is 30.5. The Morgan fingerprint density at radius 1 is 0.635 bits per heavy atom. The van der Waals surface area contributed by atoms with Crippen LogP contribution < -0.4 is 9.47 Å². The van der Waals surface area contributed by atoms with Crippen molar-refractivity contribution in [2.24, 2.45) is 0 Å². The van der Waals surface area contributed by atoms with E-state index in [9.17, 15) is 22.8 Å². The molecule has 3 aromatic rings. The van der Waals surface area contributed by atoms with E-state index in [2.05, 4.69) is 13.8 Å². The van der Waals surface area contributed by atoms with Gasteiger partial charge in [0.2, 0.25) is 0 Å². The minimum Gasteiger partial charge on any atom is -0.494 e. The minimum atomic E-state index is -4.74. The van der Waals surface area contributed by atoms with Gasteiger partial charge in [0.05, 0.1) is 17.7 Å². The van der Waals surface area contributed by atoms with Gasteiger partial charge >= 0.3 is 18.1 Å². The molecule has 0 aromatic heterocycles. The van der Waals surface area contributed by atoms with Crippen LogP contribution in [-0.4, -0.2) is 49.8 Å². The number of ether oxygens (including phenoxy) is 5. The molecule has 0 radical (unpaired) electrons. The highest BCUT2D eigenvalue weighted by Crippen LogP contribution is 2.35. The lowest BCUT2D eigenvalue weighted by molar-refractivity contribution is -0.311. The van der Waals surface area contributed by atoms with Crippen LogP contribution in [0.25, 0.3) is 11.1 Å². The maximum atomic E-state index is 13.8. The molecule has 1 heterocycles. The van der Waals surface area contributed by atoms with Crippen LogP contribution in [0.3, 0.4) is 0 Å². The van der Waals surface area contributed by atoms with E-state index in [0.29, 0.717) is 18.8 Å². The van der Waals surface area contributed by atoms with Gasteiger partial charge in [-0.25, -0.2) is 9.59 Å². The van der Waals surface area contributed by atoms with Crippen molar-refractivity contribution < 1.29 is 46.4 Å². The van der Waals surface area contributed by atoms with Crippen molar-refractivity contribution in [3.63, 3.8) is 0 Å². The number of unbranched alkanes of at least 4 members (excludes halogenated alkanes) is 10. The number of benzene rings is 3. The summed E-state index contributed by atoms with van der Waals surface area (Å²) < 4.78 is 68.8. The molecule has 7 nitrogen and oxygen atoms in total. The van der Waals surface area contributed by atoms with Crippen molar-refractivity contribution in [3.05, 3.63) is 83.9 Å². The summed E-state index contributed by atoms with van der Waals surface area (Å²) in [5.74, 6) is -0.535. The van der Waals surface area contributed by atoms with Crippen molar-refractivity contribution in [3.8, 4) is 22.6 Å². The summed E-state index contributed by atoms with van der Waals surface area (Å²) >= 11 is 0. The van der Waals surface area contributed by atoms with Crippen LogP contribution in [-0.2, 0) is 14.2 Å². The van der Waals surface area contributed by atoms with Crippen molar-refractivity contribution in [1.29, 1.82) is 0 Å². The predicted octanol–water partition coefficient (Wildman–Crippen LogP) is 11.3. The summed E-state index contributed by atoms with van der Waals surface area (Å²) in [6, 6.07) is 20.3. The summed E-state index contributed by atoms with van der Waals surface area (Å²) in [5, 5.41) is 0. The Hall–Kier alpha value is -3.89. The molecule has 284 valence electrons. The topological polar surface area (TPSA) is 80.3 Å². The average molecular weight is 727 g/mol. The van der Waals surface area contributed by atoms with Crippen LogP contribution in [0.15, 0.2) is 72.8 Å². The van der Waals surface area contributed by atoms with Gasteiger partial charge in [-0.2, -0.15) is 13.2 Å². The Kier molecular flexibility index (Phi) is 17.0. The predicted molar refractivity (Wildman–Crippen MR) is 195 cm³/mol.